The van der Waals surface area contributed by atoms with Gasteiger partial charge in [0, 0.05) is 19.7 Å². The first-order chi connectivity index (χ1) is 12.2. The molecule has 0 bridgehead atoms. The van der Waals surface area contributed by atoms with Gasteiger partial charge in [-0.2, -0.15) is 0 Å². The van der Waals surface area contributed by atoms with E-state index in [1.807, 2.05) is 12.1 Å². The highest BCUT2D eigenvalue weighted by Gasteiger charge is 2.14. The van der Waals surface area contributed by atoms with Crippen molar-refractivity contribution < 1.29 is 26.6 Å². The Morgan fingerprint density at radius 3 is 2.54 bits per heavy atom. The second-order valence-corrected chi connectivity index (χ2v) is 6.53. The molecule has 0 saturated carbocycles. The summed E-state index contributed by atoms with van der Waals surface area (Å²) < 4.78 is 17.1. The molecule has 1 heterocycles. The summed E-state index contributed by atoms with van der Waals surface area (Å²) in [7, 11) is 1.68. The first kappa shape index (κ1) is 20.6. The number of halogens is 1. The predicted octanol–water partition coefficient (Wildman–Crippen LogP) is 0.855. The summed E-state index contributed by atoms with van der Waals surface area (Å²) in [5.74, 6) is 1.54. The van der Waals surface area contributed by atoms with Crippen LogP contribution in [0.3, 0.4) is 0 Å². The lowest BCUT2D eigenvalue weighted by Crippen LogP contribution is -3.00. The van der Waals surface area contributed by atoms with Gasteiger partial charge in [-0.15, -0.1) is 0 Å². The zero-order valence-electron chi connectivity index (χ0n) is 15.5. The van der Waals surface area contributed by atoms with Crippen LogP contribution in [0, 0.1) is 6.92 Å². The fourth-order valence-corrected chi connectivity index (χ4v) is 2.97. The molecule has 0 amide bonds. The van der Waals surface area contributed by atoms with Gasteiger partial charge < -0.3 is 31.9 Å². The van der Waals surface area contributed by atoms with Gasteiger partial charge in [0.15, 0.2) is 11.5 Å². The number of hydrogen-bond acceptors (Lipinski definition) is 4. The summed E-state index contributed by atoms with van der Waals surface area (Å²) in [6.45, 7) is 5.21. The summed E-state index contributed by atoms with van der Waals surface area (Å²) in [4.78, 5) is 0. The monoisotopic (exact) mass is 376 g/mol. The molecule has 1 N–H and O–H groups in total. The van der Waals surface area contributed by atoms with Gasteiger partial charge in [-0.1, -0.05) is 35.9 Å². The van der Waals surface area contributed by atoms with Gasteiger partial charge in [-0.05, 0) is 43.0 Å². The van der Waals surface area contributed by atoms with Gasteiger partial charge in [0.25, 0.3) is 0 Å². The topological polar surface area (TPSA) is 39.7 Å². The quantitative estimate of drug-likeness (QED) is 0.741. The zero-order chi connectivity index (χ0) is 17.5. The Bertz CT molecular complexity index is 669. The molecule has 4 nitrogen and oxygen atoms in total. The molecule has 1 aliphatic rings. The molecule has 5 heteroatoms. The number of aryl methyl sites for hydroxylation is 1. The Labute approximate surface area is 162 Å². The normalized spacial score (nSPS) is 16.2. The Hall–Kier alpha value is -1.75. The molecule has 142 valence electrons. The number of rotatable bonds is 8. The Kier molecular flexibility index (Phi) is 8.23. The highest BCUT2D eigenvalue weighted by molar-refractivity contribution is 5.43. The van der Waals surface area contributed by atoms with E-state index in [1.54, 1.807) is 7.11 Å². The van der Waals surface area contributed by atoms with Crippen molar-refractivity contribution in [1.29, 1.82) is 0 Å². The van der Waals surface area contributed by atoms with E-state index < -0.39 is 0 Å². The molecular weight excluding hydrogens is 350 g/mol. The molecule has 2 aromatic rings. The standard InChI is InChI=1S/C21H27NO3.ClH/c1-16-5-7-17(8-6-16)15-25-20-10-9-18(12-21(20)23-2)13-22-14-19-4-3-11-24-19;/h5-10,12,19,22H,3-4,11,13-15H2,1-2H3;1H/p-1. The minimum Gasteiger partial charge on any atom is -1.00 e. The minimum atomic E-state index is 0. The van der Waals surface area contributed by atoms with Crippen molar-refractivity contribution >= 4 is 0 Å². The van der Waals surface area contributed by atoms with Crippen LogP contribution in [0.25, 0.3) is 0 Å². The smallest absolute Gasteiger partial charge is 0.161 e. The SMILES string of the molecule is COc1cc(CNCC2CCCO2)ccc1OCc1ccc(C)cc1.[Cl-]. The van der Waals surface area contributed by atoms with E-state index in [0.29, 0.717) is 12.7 Å². The Morgan fingerprint density at radius 2 is 1.85 bits per heavy atom. The lowest BCUT2D eigenvalue weighted by molar-refractivity contribution is -0.00000707. The van der Waals surface area contributed by atoms with E-state index in [0.717, 1.165) is 43.2 Å². The van der Waals surface area contributed by atoms with Crippen molar-refractivity contribution in [2.24, 2.45) is 0 Å². The maximum Gasteiger partial charge on any atom is 0.161 e. The summed E-state index contributed by atoms with van der Waals surface area (Å²) in [6.07, 6.45) is 2.69. The van der Waals surface area contributed by atoms with Crippen LogP contribution in [0.15, 0.2) is 42.5 Å². The minimum absolute atomic E-state index is 0. The van der Waals surface area contributed by atoms with Crippen molar-refractivity contribution in [2.75, 3.05) is 20.3 Å². The summed E-state index contributed by atoms with van der Waals surface area (Å²) in [5.41, 5.74) is 3.58. The van der Waals surface area contributed by atoms with Crippen molar-refractivity contribution in [2.45, 2.75) is 39.0 Å². The summed E-state index contributed by atoms with van der Waals surface area (Å²) in [5, 5.41) is 3.46. The van der Waals surface area contributed by atoms with Gasteiger partial charge in [0.1, 0.15) is 6.61 Å². The zero-order valence-corrected chi connectivity index (χ0v) is 16.2. The van der Waals surface area contributed by atoms with Crippen molar-refractivity contribution in [3.8, 4) is 11.5 Å². The largest absolute Gasteiger partial charge is 1.00 e. The van der Waals surface area contributed by atoms with Crippen LogP contribution >= 0.6 is 0 Å². The fourth-order valence-electron chi connectivity index (χ4n) is 2.97. The van der Waals surface area contributed by atoms with E-state index in [1.165, 1.54) is 17.5 Å². The molecule has 1 unspecified atom stereocenters. The maximum absolute atomic E-state index is 5.93. The molecule has 1 saturated heterocycles. The van der Waals surface area contributed by atoms with Gasteiger partial charge in [0.05, 0.1) is 13.2 Å². The lowest BCUT2D eigenvalue weighted by atomic mass is 10.1. The van der Waals surface area contributed by atoms with Crippen LogP contribution in [0.1, 0.15) is 29.5 Å². The molecule has 0 aliphatic carbocycles. The third-order valence-corrected chi connectivity index (χ3v) is 4.47. The van der Waals surface area contributed by atoms with Crippen LogP contribution in [0.5, 0.6) is 11.5 Å². The van der Waals surface area contributed by atoms with E-state index in [9.17, 15) is 0 Å². The highest BCUT2D eigenvalue weighted by Crippen LogP contribution is 2.29. The van der Waals surface area contributed by atoms with Crippen molar-refractivity contribution in [1.82, 2.24) is 5.32 Å². The summed E-state index contributed by atoms with van der Waals surface area (Å²) in [6, 6.07) is 14.5. The predicted molar refractivity (Wildman–Crippen MR) is 99.2 cm³/mol. The third kappa shape index (κ3) is 5.90. The first-order valence-corrected chi connectivity index (χ1v) is 8.92. The highest BCUT2D eigenvalue weighted by atomic mass is 35.5. The Morgan fingerprint density at radius 1 is 1.08 bits per heavy atom. The molecular formula is C21H27ClNO3-. The second kappa shape index (κ2) is 10.4. The van der Waals surface area contributed by atoms with E-state index >= 15 is 0 Å². The van der Waals surface area contributed by atoms with Gasteiger partial charge >= 0.3 is 0 Å². The molecule has 26 heavy (non-hydrogen) atoms. The van der Waals surface area contributed by atoms with Crippen molar-refractivity contribution in [3.05, 3.63) is 59.2 Å². The first-order valence-electron chi connectivity index (χ1n) is 8.92. The fraction of sp³-hybridized carbons (Fsp3) is 0.429. The average Bonchev–Trinajstić information content (AvgIpc) is 3.15. The molecule has 0 radical (unpaired) electrons. The van der Waals surface area contributed by atoms with Crippen LogP contribution < -0.4 is 27.2 Å². The molecule has 1 fully saturated rings. The van der Waals surface area contributed by atoms with E-state index in [-0.39, 0.29) is 12.4 Å². The van der Waals surface area contributed by atoms with Crippen LogP contribution in [-0.2, 0) is 17.9 Å². The molecule has 1 aliphatic heterocycles. The number of nitrogens with one attached hydrogen (secondary N) is 1. The van der Waals surface area contributed by atoms with E-state index in [4.69, 9.17) is 14.2 Å². The molecule has 3 rings (SSSR count). The van der Waals surface area contributed by atoms with Crippen LogP contribution in [-0.4, -0.2) is 26.4 Å². The second-order valence-electron chi connectivity index (χ2n) is 6.53. The number of benzene rings is 2. The van der Waals surface area contributed by atoms with Gasteiger partial charge in [-0.3, -0.25) is 0 Å². The third-order valence-electron chi connectivity index (χ3n) is 4.47. The van der Waals surface area contributed by atoms with Gasteiger partial charge in [0.2, 0.25) is 0 Å². The molecule has 0 spiro atoms. The summed E-state index contributed by atoms with van der Waals surface area (Å²) >= 11 is 0. The molecule has 1 atom stereocenters. The van der Waals surface area contributed by atoms with Crippen molar-refractivity contribution in [3.63, 3.8) is 0 Å². The number of methoxy groups -OCH3 is 1. The lowest BCUT2D eigenvalue weighted by Gasteiger charge is -2.14. The number of ether oxygens (including phenoxy) is 3. The molecule has 2 aromatic carbocycles. The Balaban J connectivity index is 0.00000243. The van der Waals surface area contributed by atoms with Crippen LogP contribution in [0.2, 0.25) is 0 Å². The number of hydrogen-bond donors (Lipinski definition) is 1. The van der Waals surface area contributed by atoms with Crippen LogP contribution in [0.4, 0.5) is 0 Å². The average molecular weight is 377 g/mol. The maximum atomic E-state index is 5.93. The van der Waals surface area contributed by atoms with E-state index in [2.05, 4.69) is 42.6 Å². The van der Waals surface area contributed by atoms with Gasteiger partial charge in [-0.25, -0.2) is 0 Å². The molecule has 0 aromatic heterocycles.